The molecule has 0 saturated carbocycles. The smallest absolute Gasteiger partial charge is 0.134 e. The van der Waals surface area contributed by atoms with Gasteiger partial charge in [0, 0.05) is 17.1 Å². The molecule has 0 aliphatic carbocycles. The van der Waals surface area contributed by atoms with E-state index in [-0.39, 0.29) is 12.4 Å². The highest BCUT2D eigenvalue weighted by Gasteiger charge is 2.04. The van der Waals surface area contributed by atoms with E-state index in [1.807, 2.05) is 60.7 Å². The van der Waals surface area contributed by atoms with Crippen molar-refractivity contribution in [1.29, 1.82) is 0 Å². The standard InChI is InChI=1S/C19H18ClNO2.ClH/c1-22-17-8-2-14(3-9-17)12-21-13-18-10-11-19(23-18)15-4-6-16(20)7-5-15;/h2-11,21H,12-13H2,1H3;1H. The third-order valence-corrected chi connectivity index (χ3v) is 3.83. The van der Waals surface area contributed by atoms with Crippen LogP contribution in [0.4, 0.5) is 0 Å². The van der Waals surface area contributed by atoms with E-state index in [1.165, 1.54) is 5.56 Å². The Morgan fingerprint density at radius 2 is 1.62 bits per heavy atom. The van der Waals surface area contributed by atoms with E-state index in [2.05, 4.69) is 5.32 Å². The largest absolute Gasteiger partial charge is 0.497 e. The molecule has 0 aliphatic heterocycles. The van der Waals surface area contributed by atoms with Crippen molar-refractivity contribution in [2.24, 2.45) is 0 Å². The number of rotatable bonds is 6. The molecule has 126 valence electrons. The predicted octanol–water partition coefficient (Wildman–Crippen LogP) is 5.32. The minimum atomic E-state index is 0. The fraction of sp³-hybridized carbons (Fsp3) is 0.158. The summed E-state index contributed by atoms with van der Waals surface area (Å²) in [5.74, 6) is 2.62. The summed E-state index contributed by atoms with van der Waals surface area (Å²) < 4.78 is 11.0. The zero-order valence-electron chi connectivity index (χ0n) is 13.3. The van der Waals surface area contributed by atoms with Gasteiger partial charge in [-0.25, -0.2) is 0 Å². The molecule has 0 unspecified atom stereocenters. The zero-order chi connectivity index (χ0) is 16.1. The normalized spacial score (nSPS) is 10.2. The summed E-state index contributed by atoms with van der Waals surface area (Å²) in [6, 6.07) is 19.6. The van der Waals surface area contributed by atoms with Crippen LogP contribution in [0.3, 0.4) is 0 Å². The monoisotopic (exact) mass is 363 g/mol. The summed E-state index contributed by atoms with van der Waals surface area (Å²) in [6.07, 6.45) is 0. The number of hydrogen-bond donors (Lipinski definition) is 1. The minimum Gasteiger partial charge on any atom is -0.497 e. The molecule has 3 aromatic rings. The van der Waals surface area contributed by atoms with Crippen LogP contribution in [0.1, 0.15) is 11.3 Å². The number of ether oxygens (including phenoxy) is 1. The quantitative estimate of drug-likeness (QED) is 0.643. The van der Waals surface area contributed by atoms with E-state index < -0.39 is 0 Å². The Morgan fingerprint density at radius 3 is 2.29 bits per heavy atom. The van der Waals surface area contributed by atoms with Crippen LogP contribution in [0.5, 0.6) is 5.75 Å². The van der Waals surface area contributed by atoms with Gasteiger partial charge in [-0.2, -0.15) is 0 Å². The molecule has 1 N–H and O–H groups in total. The van der Waals surface area contributed by atoms with Crippen molar-refractivity contribution in [2.75, 3.05) is 7.11 Å². The van der Waals surface area contributed by atoms with Gasteiger partial charge in [-0.05, 0) is 54.1 Å². The molecular weight excluding hydrogens is 345 g/mol. The van der Waals surface area contributed by atoms with Crippen molar-refractivity contribution in [1.82, 2.24) is 5.32 Å². The van der Waals surface area contributed by atoms with Crippen molar-refractivity contribution >= 4 is 24.0 Å². The Balaban J connectivity index is 0.00000208. The van der Waals surface area contributed by atoms with E-state index in [0.717, 1.165) is 34.4 Å². The molecule has 0 amide bonds. The molecule has 3 rings (SSSR count). The van der Waals surface area contributed by atoms with Gasteiger partial charge in [0.1, 0.15) is 17.3 Å². The maximum Gasteiger partial charge on any atom is 0.134 e. The molecule has 0 saturated heterocycles. The molecule has 0 aliphatic rings. The van der Waals surface area contributed by atoms with Crippen LogP contribution in [0, 0.1) is 0 Å². The second kappa shape index (κ2) is 8.78. The van der Waals surface area contributed by atoms with Crippen molar-refractivity contribution in [2.45, 2.75) is 13.1 Å². The maximum absolute atomic E-state index is 5.90. The van der Waals surface area contributed by atoms with Crippen molar-refractivity contribution in [3.63, 3.8) is 0 Å². The summed E-state index contributed by atoms with van der Waals surface area (Å²) in [5, 5.41) is 4.10. The predicted molar refractivity (Wildman–Crippen MR) is 99.9 cm³/mol. The lowest BCUT2D eigenvalue weighted by molar-refractivity contribution is 0.414. The van der Waals surface area contributed by atoms with Gasteiger partial charge >= 0.3 is 0 Å². The molecule has 1 heterocycles. The van der Waals surface area contributed by atoms with Gasteiger partial charge < -0.3 is 14.5 Å². The highest BCUT2D eigenvalue weighted by atomic mass is 35.5. The third-order valence-electron chi connectivity index (χ3n) is 3.58. The molecule has 1 aromatic heterocycles. The molecule has 0 spiro atoms. The van der Waals surface area contributed by atoms with Crippen molar-refractivity contribution < 1.29 is 9.15 Å². The third kappa shape index (κ3) is 4.78. The lowest BCUT2D eigenvalue weighted by Crippen LogP contribution is -2.11. The number of hydrogen-bond acceptors (Lipinski definition) is 3. The van der Waals surface area contributed by atoms with E-state index in [4.69, 9.17) is 20.8 Å². The Morgan fingerprint density at radius 1 is 0.917 bits per heavy atom. The number of nitrogens with one attached hydrogen (secondary N) is 1. The van der Waals surface area contributed by atoms with Crippen LogP contribution in [-0.2, 0) is 13.1 Å². The van der Waals surface area contributed by atoms with Gasteiger partial charge in [0.25, 0.3) is 0 Å². The van der Waals surface area contributed by atoms with Crippen molar-refractivity contribution in [3.05, 3.63) is 77.0 Å². The highest BCUT2D eigenvalue weighted by Crippen LogP contribution is 2.23. The van der Waals surface area contributed by atoms with E-state index in [1.54, 1.807) is 7.11 Å². The van der Waals surface area contributed by atoms with Gasteiger partial charge in [0.2, 0.25) is 0 Å². The first kappa shape index (κ1) is 18.4. The second-order valence-electron chi connectivity index (χ2n) is 5.22. The van der Waals surface area contributed by atoms with Gasteiger partial charge in [0.15, 0.2) is 0 Å². The topological polar surface area (TPSA) is 34.4 Å². The van der Waals surface area contributed by atoms with Crippen LogP contribution in [0.2, 0.25) is 5.02 Å². The van der Waals surface area contributed by atoms with E-state index in [0.29, 0.717) is 6.54 Å². The number of halogens is 2. The summed E-state index contributed by atoms with van der Waals surface area (Å²) >= 11 is 5.90. The first-order chi connectivity index (χ1) is 11.2. The van der Waals surface area contributed by atoms with E-state index >= 15 is 0 Å². The zero-order valence-corrected chi connectivity index (χ0v) is 14.9. The highest BCUT2D eigenvalue weighted by molar-refractivity contribution is 6.30. The van der Waals surface area contributed by atoms with Gasteiger partial charge in [-0.15, -0.1) is 12.4 Å². The molecular formula is C19H19Cl2NO2. The first-order valence-electron chi connectivity index (χ1n) is 7.43. The summed E-state index contributed by atoms with van der Waals surface area (Å²) in [4.78, 5) is 0. The Bertz CT molecular complexity index is 752. The lowest BCUT2D eigenvalue weighted by atomic mass is 10.2. The molecule has 5 heteroatoms. The average molecular weight is 364 g/mol. The maximum atomic E-state index is 5.90. The van der Waals surface area contributed by atoms with Gasteiger partial charge in [-0.3, -0.25) is 0 Å². The number of methoxy groups -OCH3 is 1. The van der Waals surface area contributed by atoms with Crippen molar-refractivity contribution in [3.8, 4) is 17.1 Å². The Labute approximate surface area is 153 Å². The summed E-state index contributed by atoms with van der Waals surface area (Å²) in [5.41, 5.74) is 2.23. The molecule has 2 aromatic carbocycles. The van der Waals surface area contributed by atoms with Gasteiger partial charge in [-0.1, -0.05) is 23.7 Å². The second-order valence-corrected chi connectivity index (χ2v) is 5.66. The SMILES string of the molecule is COc1ccc(CNCc2ccc(-c3ccc(Cl)cc3)o2)cc1.Cl. The van der Waals surface area contributed by atoms with Crippen LogP contribution in [-0.4, -0.2) is 7.11 Å². The van der Waals surface area contributed by atoms with Crippen LogP contribution < -0.4 is 10.1 Å². The molecule has 0 fully saturated rings. The summed E-state index contributed by atoms with van der Waals surface area (Å²) in [7, 11) is 1.67. The fourth-order valence-electron chi connectivity index (χ4n) is 2.32. The average Bonchev–Trinajstić information content (AvgIpc) is 3.05. The molecule has 0 atom stereocenters. The molecule has 0 radical (unpaired) electrons. The Kier molecular flexibility index (Phi) is 6.73. The Hall–Kier alpha value is -1.94. The van der Waals surface area contributed by atoms with E-state index in [9.17, 15) is 0 Å². The van der Waals surface area contributed by atoms with Gasteiger partial charge in [0.05, 0.1) is 13.7 Å². The first-order valence-corrected chi connectivity index (χ1v) is 7.81. The summed E-state index contributed by atoms with van der Waals surface area (Å²) in [6.45, 7) is 1.46. The molecule has 24 heavy (non-hydrogen) atoms. The van der Waals surface area contributed by atoms with Crippen LogP contribution in [0.15, 0.2) is 65.1 Å². The number of benzene rings is 2. The number of furan rings is 1. The molecule has 0 bridgehead atoms. The van der Waals surface area contributed by atoms with Crippen LogP contribution in [0.25, 0.3) is 11.3 Å². The minimum absolute atomic E-state index is 0. The fourth-order valence-corrected chi connectivity index (χ4v) is 2.44. The molecule has 3 nitrogen and oxygen atoms in total. The van der Waals surface area contributed by atoms with Crippen LogP contribution >= 0.6 is 24.0 Å². The lowest BCUT2D eigenvalue weighted by Gasteiger charge is -2.05.